The Morgan fingerprint density at radius 1 is 1.40 bits per heavy atom. The summed E-state index contributed by atoms with van der Waals surface area (Å²) in [7, 11) is 0. The molecule has 0 bridgehead atoms. The minimum Gasteiger partial charge on any atom is -0.463 e. The first-order valence-corrected chi connectivity index (χ1v) is 7.73. The SMILES string of the molecule is CSc1nc(=O)n(COCCOC(C)=O)c2c1CCC2. The fourth-order valence-corrected chi connectivity index (χ4v) is 2.92. The van der Waals surface area contributed by atoms with Gasteiger partial charge in [0.05, 0.1) is 6.61 Å². The standard InChI is InChI=1S/C13H18N2O4S/c1-9(16)19-7-6-18-8-15-11-5-3-4-10(11)12(20-2)14-13(15)17/h3-8H2,1-2H3. The Morgan fingerprint density at radius 2 is 2.20 bits per heavy atom. The summed E-state index contributed by atoms with van der Waals surface area (Å²) in [6, 6.07) is 0. The third-order valence-corrected chi connectivity index (χ3v) is 3.87. The first-order chi connectivity index (χ1) is 9.63. The highest BCUT2D eigenvalue weighted by atomic mass is 32.2. The van der Waals surface area contributed by atoms with Gasteiger partial charge in [-0.15, -0.1) is 11.8 Å². The molecule has 1 heterocycles. The topological polar surface area (TPSA) is 70.4 Å². The number of hydrogen-bond acceptors (Lipinski definition) is 6. The van der Waals surface area contributed by atoms with E-state index in [0.717, 1.165) is 30.0 Å². The lowest BCUT2D eigenvalue weighted by atomic mass is 10.3. The van der Waals surface area contributed by atoms with Crippen molar-refractivity contribution in [1.82, 2.24) is 9.55 Å². The van der Waals surface area contributed by atoms with Gasteiger partial charge in [-0.3, -0.25) is 9.36 Å². The molecule has 0 atom stereocenters. The second-order valence-corrected chi connectivity index (χ2v) is 5.28. The van der Waals surface area contributed by atoms with Crippen LogP contribution in [0.2, 0.25) is 0 Å². The molecule has 1 aromatic rings. The average molecular weight is 298 g/mol. The summed E-state index contributed by atoms with van der Waals surface area (Å²) in [5, 5.41) is 0.832. The molecule has 0 N–H and O–H groups in total. The van der Waals surface area contributed by atoms with Crippen LogP contribution in [0.1, 0.15) is 24.6 Å². The Balaban J connectivity index is 2.03. The molecule has 0 amide bonds. The number of carbonyl (C=O) groups is 1. The Labute approximate surface area is 121 Å². The van der Waals surface area contributed by atoms with Crippen LogP contribution in [0.15, 0.2) is 9.82 Å². The first-order valence-electron chi connectivity index (χ1n) is 6.51. The van der Waals surface area contributed by atoms with Gasteiger partial charge in [-0.25, -0.2) is 4.79 Å². The lowest BCUT2D eigenvalue weighted by Crippen LogP contribution is -2.28. The number of aromatic nitrogens is 2. The minimum absolute atomic E-state index is 0.157. The van der Waals surface area contributed by atoms with E-state index < -0.39 is 0 Å². The molecular weight excluding hydrogens is 280 g/mol. The minimum atomic E-state index is -0.336. The summed E-state index contributed by atoms with van der Waals surface area (Å²) in [6.07, 6.45) is 4.82. The maximum Gasteiger partial charge on any atom is 0.350 e. The van der Waals surface area contributed by atoms with Crippen molar-refractivity contribution in [3.05, 3.63) is 21.7 Å². The molecule has 1 aromatic heterocycles. The predicted molar refractivity (Wildman–Crippen MR) is 74.9 cm³/mol. The molecule has 0 radical (unpaired) electrons. The predicted octanol–water partition coefficient (Wildman–Crippen LogP) is 0.991. The van der Waals surface area contributed by atoms with Crippen LogP contribution in [-0.4, -0.2) is 35.0 Å². The summed E-state index contributed by atoms with van der Waals surface area (Å²) >= 11 is 1.51. The molecule has 1 aliphatic rings. The molecule has 110 valence electrons. The second-order valence-electron chi connectivity index (χ2n) is 4.49. The Hall–Kier alpha value is -1.34. The van der Waals surface area contributed by atoms with Gasteiger partial charge in [-0.2, -0.15) is 4.98 Å². The number of carbonyl (C=O) groups excluding carboxylic acids is 1. The van der Waals surface area contributed by atoms with E-state index in [1.165, 1.54) is 24.2 Å². The number of ether oxygens (including phenoxy) is 2. The fraction of sp³-hybridized carbons (Fsp3) is 0.615. The van der Waals surface area contributed by atoms with Gasteiger partial charge in [0.15, 0.2) is 0 Å². The van der Waals surface area contributed by atoms with Gasteiger partial charge >= 0.3 is 11.7 Å². The summed E-state index contributed by atoms with van der Waals surface area (Å²) in [5.41, 5.74) is 1.92. The summed E-state index contributed by atoms with van der Waals surface area (Å²) in [5.74, 6) is -0.336. The van der Waals surface area contributed by atoms with Crippen LogP contribution >= 0.6 is 11.8 Å². The van der Waals surface area contributed by atoms with E-state index in [1.54, 1.807) is 4.57 Å². The molecule has 0 aromatic carbocycles. The zero-order valence-electron chi connectivity index (χ0n) is 11.7. The molecule has 6 nitrogen and oxygen atoms in total. The van der Waals surface area contributed by atoms with Crippen molar-refractivity contribution in [2.24, 2.45) is 0 Å². The number of fused-ring (bicyclic) bond motifs is 1. The van der Waals surface area contributed by atoms with Gasteiger partial charge < -0.3 is 9.47 Å². The molecule has 1 aliphatic carbocycles. The molecule has 0 saturated carbocycles. The van der Waals surface area contributed by atoms with Gasteiger partial charge in [-0.1, -0.05) is 0 Å². The van der Waals surface area contributed by atoms with E-state index in [-0.39, 0.29) is 31.6 Å². The van der Waals surface area contributed by atoms with Crippen molar-refractivity contribution in [3.63, 3.8) is 0 Å². The van der Waals surface area contributed by atoms with E-state index >= 15 is 0 Å². The van der Waals surface area contributed by atoms with Crippen molar-refractivity contribution in [3.8, 4) is 0 Å². The molecule has 2 rings (SSSR count). The molecule has 0 unspecified atom stereocenters. The van der Waals surface area contributed by atoms with E-state index in [4.69, 9.17) is 9.47 Å². The number of nitrogens with zero attached hydrogens (tertiary/aromatic N) is 2. The zero-order chi connectivity index (χ0) is 14.5. The highest BCUT2D eigenvalue weighted by Crippen LogP contribution is 2.27. The van der Waals surface area contributed by atoms with Crippen LogP contribution in [0, 0.1) is 0 Å². The van der Waals surface area contributed by atoms with Crippen LogP contribution < -0.4 is 5.69 Å². The summed E-state index contributed by atoms with van der Waals surface area (Å²) < 4.78 is 11.7. The van der Waals surface area contributed by atoms with Crippen molar-refractivity contribution >= 4 is 17.7 Å². The third kappa shape index (κ3) is 3.40. The fourth-order valence-electron chi connectivity index (χ4n) is 2.29. The van der Waals surface area contributed by atoms with Crippen LogP contribution in [0.25, 0.3) is 0 Å². The lowest BCUT2D eigenvalue weighted by molar-refractivity contribution is -0.142. The van der Waals surface area contributed by atoms with Gasteiger partial charge in [0.2, 0.25) is 0 Å². The molecule has 0 fully saturated rings. The van der Waals surface area contributed by atoms with Crippen LogP contribution in [0.4, 0.5) is 0 Å². The highest BCUT2D eigenvalue weighted by molar-refractivity contribution is 7.98. The number of esters is 1. The van der Waals surface area contributed by atoms with E-state index in [0.29, 0.717) is 0 Å². The Kier molecular flexibility index (Phi) is 5.19. The molecule has 0 spiro atoms. The molecule has 20 heavy (non-hydrogen) atoms. The van der Waals surface area contributed by atoms with E-state index in [9.17, 15) is 9.59 Å². The quantitative estimate of drug-likeness (QED) is 0.338. The second kappa shape index (κ2) is 6.90. The van der Waals surface area contributed by atoms with Gasteiger partial charge in [0.1, 0.15) is 18.4 Å². The molecular formula is C13H18N2O4S. The lowest BCUT2D eigenvalue weighted by Gasteiger charge is -2.13. The number of rotatable bonds is 6. The van der Waals surface area contributed by atoms with Gasteiger partial charge in [-0.05, 0) is 25.5 Å². The van der Waals surface area contributed by atoms with Crippen molar-refractivity contribution < 1.29 is 14.3 Å². The normalized spacial score (nSPS) is 13.3. The Morgan fingerprint density at radius 3 is 2.90 bits per heavy atom. The van der Waals surface area contributed by atoms with Gasteiger partial charge in [0.25, 0.3) is 0 Å². The Bertz CT molecular complexity index is 556. The molecule has 0 aliphatic heterocycles. The van der Waals surface area contributed by atoms with Crippen LogP contribution in [-0.2, 0) is 33.8 Å². The van der Waals surface area contributed by atoms with Crippen LogP contribution in [0.5, 0.6) is 0 Å². The zero-order valence-corrected chi connectivity index (χ0v) is 12.5. The third-order valence-electron chi connectivity index (χ3n) is 3.15. The van der Waals surface area contributed by atoms with Crippen molar-refractivity contribution in [2.45, 2.75) is 37.9 Å². The number of hydrogen-bond donors (Lipinski definition) is 0. The van der Waals surface area contributed by atoms with Crippen molar-refractivity contribution in [2.75, 3.05) is 19.5 Å². The molecule has 0 saturated heterocycles. The monoisotopic (exact) mass is 298 g/mol. The smallest absolute Gasteiger partial charge is 0.350 e. The largest absolute Gasteiger partial charge is 0.463 e. The maximum absolute atomic E-state index is 12.0. The van der Waals surface area contributed by atoms with E-state index in [1.807, 2.05) is 6.26 Å². The van der Waals surface area contributed by atoms with Gasteiger partial charge in [0, 0.05) is 18.2 Å². The van der Waals surface area contributed by atoms with E-state index in [2.05, 4.69) is 4.98 Å². The summed E-state index contributed by atoms with van der Waals surface area (Å²) in [6.45, 7) is 1.97. The summed E-state index contributed by atoms with van der Waals surface area (Å²) in [4.78, 5) is 26.7. The van der Waals surface area contributed by atoms with Crippen LogP contribution in [0.3, 0.4) is 0 Å². The highest BCUT2D eigenvalue weighted by Gasteiger charge is 2.21. The number of thioether (sulfide) groups is 1. The van der Waals surface area contributed by atoms with Crippen molar-refractivity contribution in [1.29, 1.82) is 0 Å². The maximum atomic E-state index is 12.0. The first kappa shape index (κ1) is 15.1. The molecule has 7 heteroatoms. The average Bonchev–Trinajstić information content (AvgIpc) is 2.88.